The van der Waals surface area contributed by atoms with Crippen molar-refractivity contribution in [3.05, 3.63) is 85.1 Å². The largest absolute Gasteiger partial charge is 0.323 e. The van der Waals surface area contributed by atoms with Crippen LogP contribution in [0.1, 0.15) is 0 Å². The minimum Gasteiger partial charge on any atom is -0.323 e. The van der Waals surface area contributed by atoms with Crippen molar-refractivity contribution in [2.45, 2.75) is 0 Å². The molecule has 0 amide bonds. The van der Waals surface area contributed by atoms with Crippen LogP contribution >= 0.6 is 0 Å². The first-order valence-corrected chi connectivity index (χ1v) is 8.28. The van der Waals surface area contributed by atoms with E-state index in [4.69, 9.17) is 4.98 Å². The maximum Gasteiger partial charge on any atom is 0.157 e. The Balaban J connectivity index is 1.68. The fraction of sp³-hybridized carbons (Fsp3) is 0. The molecular weight excluding hydrogens is 306 g/mol. The number of rotatable bonds is 2. The van der Waals surface area contributed by atoms with E-state index in [1.807, 2.05) is 36.5 Å². The lowest BCUT2D eigenvalue weighted by molar-refractivity contribution is 1.30. The molecule has 2 heterocycles. The molecule has 0 atom stereocenters. The second-order valence-electron chi connectivity index (χ2n) is 6.07. The van der Waals surface area contributed by atoms with Crippen molar-refractivity contribution in [3.8, 4) is 22.5 Å². The molecule has 0 fully saturated rings. The van der Waals surface area contributed by atoms with Gasteiger partial charge in [-0.05, 0) is 22.4 Å². The van der Waals surface area contributed by atoms with Crippen molar-refractivity contribution >= 4 is 21.9 Å². The molecule has 0 bridgehead atoms. The summed E-state index contributed by atoms with van der Waals surface area (Å²) in [6.07, 6.45) is 1.91. The summed E-state index contributed by atoms with van der Waals surface area (Å²) in [5.74, 6) is 0.846. The number of pyridine rings is 1. The number of fused-ring (bicyclic) bond motifs is 2. The average molecular weight is 321 g/mol. The molecule has 118 valence electrons. The number of aromatic nitrogens is 3. The summed E-state index contributed by atoms with van der Waals surface area (Å²) in [7, 11) is 0. The van der Waals surface area contributed by atoms with E-state index >= 15 is 0 Å². The van der Waals surface area contributed by atoms with Crippen molar-refractivity contribution in [2.75, 3.05) is 0 Å². The van der Waals surface area contributed by atoms with Gasteiger partial charge < -0.3 is 4.98 Å². The predicted molar refractivity (Wildman–Crippen MR) is 102 cm³/mol. The molecule has 0 aliphatic carbocycles. The molecule has 0 aliphatic rings. The van der Waals surface area contributed by atoms with E-state index < -0.39 is 0 Å². The number of hydrogen-bond acceptors (Lipinski definition) is 2. The minimum absolute atomic E-state index is 0.808. The van der Waals surface area contributed by atoms with E-state index in [2.05, 4.69) is 58.5 Å². The molecule has 0 radical (unpaired) electrons. The summed E-state index contributed by atoms with van der Waals surface area (Å²) < 4.78 is 0. The molecular formula is C22H15N3. The van der Waals surface area contributed by atoms with Crippen LogP contribution in [-0.2, 0) is 0 Å². The predicted octanol–water partition coefficient (Wildman–Crippen LogP) is 5.45. The molecule has 25 heavy (non-hydrogen) atoms. The van der Waals surface area contributed by atoms with Gasteiger partial charge >= 0.3 is 0 Å². The van der Waals surface area contributed by atoms with E-state index in [0.717, 1.165) is 28.1 Å². The van der Waals surface area contributed by atoms with Gasteiger partial charge in [0.15, 0.2) is 5.65 Å². The number of nitrogens with zero attached hydrogens (tertiary/aromatic N) is 2. The number of imidazole rings is 1. The Hall–Kier alpha value is -3.46. The lowest BCUT2D eigenvalue weighted by Gasteiger charge is -2.06. The lowest BCUT2D eigenvalue weighted by atomic mass is 9.99. The third kappa shape index (κ3) is 2.37. The maximum absolute atomic E-state index is 4.73. The van der Waals surface area contributed by atoms with Crippen LogP contribution in [0.15, 0.2) is 85.1 Å². The number of benzene rings is 3. The molecule has 3 nitrogen and oxygen atoms in total. The zero-order valence-corrected chi connectivity index (χ0v) is 13.5. The number of hydrogen-bond donors (Lipinski definition) is 1. The van der Waals surface area contributed by atoms with Crippen molar-refractivity contribution in [1.82, 2.24) is 15.0 Å². The molecule has 5 aromatic rings. The van der Waals surface area contributed by atoms with Crippen LogP contribution in [0.4, 0.5) is 0 Å². The fourth-order valence-corrected chi connectivity index (χ4v) is 3.25. The van der Waals surface area contributed by atoms with Crippen LogP contribution in [0.25, 0.3) is 44.5 Å². The third-order valence-corrected chi connectivity index (χ3v) is 4.48. The SMILES string of the molecule is c1ccc(-c2nc3cc(-c4cccc5ccccc45)cnc3[nH]2)cc1. The van der Waals surface area contributed by atoms with E-state index in [9.17, 15) is 0 Å². The first kappa shape index (κ1) is 13.9. The highest BCUT2D eigenvalue weighted by Gasteiger charge is 2.09. The highest BCUT2D eigenvalue weighted by molar-refractivity contribution is 5.97. The lowest BCUT2D eigenvalue weighted by Crippen LogP contribution is -1.84. The molecule has 1 N–H and O–H groups in total. The van der Waals surface area contributed by atoms with Gasteiger partial charge in [0, 0.05) is 17.3 Å². The quantitative estimate of drug-likeness (QED) is 0.470. The Morgan fingerprint density at radius 3 is 2.44 bits per heavy atom. The summed E-state index contributed by atoms with van der Waals surface area (Å²) in [6.45, 7) is 0. The molecule has 0 saturated carbocycles. The summed E-state index contributed by atoms with van der Waals surface area (Å²) in [5.41, 5.74) is 5.01. The van der Waals surface area contributed by atoms with Gasteiger partial charge in [0.05, 0.1) is 0 Å². The topological polar surface area (TPSA) is 41.6 Å². The first-order chi connectivity index (χ1) is 12.4. The van der Waals surface area contributed by atoms with Crippen LogP contribution in [0.3, 0.4) is 0 Å². The van der Waals surface area contributed by atoms with Crippen LogP contribution in [0.2, 0.25) is 0 Å². The monoisotopic (exact) mass is 321 g/mol. The summed E-state index contributed by atoms with van der Waals surface area (Å²) >= 11 is 0. The Morgan fingerprint density at radius 2 is 1.52 bits per heavy atom. The second kappa shape index (κ2) is 5.56. The van der Waals surface area contributed by atoms with E-state index in [-0.39, 0.29) is 0 Å². The normalized spacial score (nSPS) is 11.2. The van der Waals surface area contributed by atoms with Gasteiger partial charge in [-0.3, -0.25) is 0 Å². The molecule has 3 heteroatoms. The average Bonchev–Trinajstić information content (AvgIpc) is 3.11. The smallest absolute Gasteiger partial charge is 0.157 e. The van der Waals surface area contributed by atoms with Crippen molar-refractivity contribution in [2.24, 2.45) is 0 Å². The van der Waals surface area contributed by atoms with E-state index in [1.54, 1.807) is 0 Å². The number of nitrogens with one attached hydrogen (secondary N) is 1. The highest BCUT2D eigenvalue weighted by Crippen LogP contribution is 2.30. The molecule has 0 saturated heterocycles. The van der Waals surface area contributed by atoms with Gasteiger partial charge in [0.2, 0.25) is 0 Å². The Kier molecular flexibility index (Phi) is 3.10. The summed E-state index contributed by atoms with van der Waals surface area (Å²) in [5, 5.41) is 2.46. The van der Waals surface area contributed by atoms with Gasteiger partial charge in [-0.1, -0.05) is 72.8 Å². The van der Waals surface area contributed by atoms with Crippen LogP contribution in [0, 0.1) is 0 Å². The van der Waals surface area contributed by atoms with Crippen molar-refractivity contribution in [3.63, 3.8) is 0 Å². The zero-order chi connectivity index (χ0) is 16.6. The molecule has 5 rings (SSSR count). The van der Waals surface area contributed by atoms with Crippen molar-refractivity contribution in [1.29, 1.82) is 0 Å². The number of H-pyrrole nitrogens is 1. The molecule has 0 aliphatic heterocycles. The van der Waals surface area contributed by atoms with Crippen LogP contribution < -0.4 is 0 Å². The Morgan fingerprint density at radius 1 is 0.720 bits per heavy atom. The molecule has 3 aromatic carbocycles. The maximum atomic E-state index is 4.73. The van der Waals surface area contributed by atoms with E-state index in [1.165, 1.54) is 16.3 Å². The van der Waals surface area contributed by atoms with Crippen LogP contribution in [-0.4, -0.2) is 15.0 Å². The van der Waals surface area contributed by atoms with Gasteiger partial charge in [-0.2, -0.15) is 0 Å². The standard InChI is InChI=1S/C22H15N3/c1-2-8-16(9-3-1)21-24-20-13-17(14-23-22(20)25-21)19-12-6-10-15-7-4-5-11-18(15)19/h1-14H,(H,23,24,25). The molecule has 2 aromatic heterocycles. The third-order valence-electron chi connectivity index (χ3n) is 4.48. The summed E-state index contributed by atoms with van der Waals surface area (Å²) in [6, 6.07) is 27.0. The Bertz CT molecular complexity index is 1180. The first-order valence-electron chi connectivity index (χ1n) is 8.28. The second-order valence-corrected chi connectivity index (χ2v) is 6.07. The summed E-state index contributed by atoms with van der Waals surface area (Å²) in [4.78, 5) is 12.6. The highest BCUT2D eigenvalue weighted by atomic mass is 15.0. The fourth-order valence-electron chi connectivity index (χ4n) is 3.25. The minimum atomic E-state index is 0.808. The van der Waals surface area contributed by atoms with Gasteiger partial charge in [0.1, 0.15) is 11.3 Å². The van der Waals surface area contributed by atoms with Crippen molar-refractivity contribution < 1.29 is 0 Å². The molecule has 0 unspecified atom stereocenters. The Labute approximate surface area is 145 Å². The van der Waals surface area contributed by atoms with Gasteiger partial charge in [-0.25, -0.2) is 9.97 Å². The number of aromatic amines is 1. The van der Waals surface area contributed by atoms with Gasteiger partial charge in [0.25, 0.3) is 0 Å². The van der Waals surface area contributed by atoms with Crippen LogP contribution in [0.5, 0.6) is 0 Å². The molecule has 0 spiro atoms. The van der Waals surface area contributed by atoms with Gasteiger partial charge in [-0.15, -0.1) is 0 Å². The van der Waals surface area contributed by atoms with E-state index in [0.29, 0.717) is 0 Å². The zero-order valence-electron chi connectivity index (χ0n) is 13.5.